The highest BCUT2D eigenvalue weighted by atomic mass is 79.9. The normalized spacial score (nSPS) is 38.5. The van der Waals surface area contributed by atoms with Crippen LogP contribution in [-0.2, 0) is 15.8 Å². The molecule has 0 radical (unpaired) electrons. The van der Waals surface area contributed by atoms with Crippen LogP contribution in [-0.4, -0.2) is 0 Å². The first-order valence-corrected chi connectivity index (χ1v) is 8.52. The molecule has 1 fully saturated rings. The third kappa shape index (κ3) is 0.925. The summed E-state index contributed by atoms with van der Waals surface area (Å²) < 4.78 is 7.89. The molecule has 0 saturated carbocycles. The highest BCUT2D eigenvalue weighted by molar-refractivity contribution is 9.11. The van der Waals surface area contributed by atoms with Crippen LogP contribution in [0, 0.1) is 0 Å². The van der Waals surface area contributed by atoms with Gasteiger partial charge in [-0.15, -0.1) is 0 Å². The fourth-order valence-corrected chi connectivity index (χ4v) is 6.12. The third-order valence-electron chi connectivity index (χ3n) is 6.01. The van der Waals surface area contributed by atoms with E-state index in [0.29, 0.717) is 5.92 Å². The van der Waals surface area contributed by atoms with Gasteiger partial charge >= 0.3 is 0 Å². The van der Waals surface area contributed by atoms with Crippen LogP contribution in [0.2, 0.25) is 0 Å². The number of halogens is 1. The van der Waals surface area contributed by atoms with Gasteiger partial charge in [0.1, 0.15) is 5.60 Å². The average molecular weight is 349 g/mol. The molecule has 2 aromatic carbocycles. The lowest BCUT2D eigenvalue weighted by molar-refractivity contribution is -0.00557. The van der Waals surface area contributed by atoms with E-state index in [2.05, 4.69) is 82.7 Å². The SMILES string of the molecule is BrC1=CC=C[C@@]23c4ccccc4[C@@H]2C2OC13c1ccccc12. The van der Waals surface area contributed by atoms with E-state index in [-0.39, 0.29) is 17.1 Å². The molecule has 106 valence electrons. The molecule has 1 saturated heterocycles. The van der Waals surface area contributed by atoms with Gasteiger partial charge in [-0.25, -0.2) is 0 Å². The van der Waals surface area contributed by atoms with E-state index in [1.807, 2.05) is 0 Å². The Morgan fingerprint density at radius 1 is 0.909 bits per heavy atom. The van der Waals surface area contributed by atoms with E-state index in [0.717, 1.165) is 4.48 Å². The molecule has 4 atom stereocenters. The molecule has 6 rings (SSSR count). The lowest BCUT2D eigenvalue weighted by Gasteiger charge is -2.56. The monoisotopic (exact) mass is 348 g/mol. The Bertz CT molecular complexity index is 911. The van der Waals surface area contributed by atoms with Crippen LogP contribution in [0.5, 0.6) is 0 Å². The van der Waals surface area contributed by atoms with Crippen molar-refractivity contribution >= 4 is 15.9 Å². The van der Waals surface area contributed by atoms with E-state index in [1.165, 1.54) is 22.3 Å². The summed E-state index contributed by atoms with van der Waals surface area (Å²) in [5, 5.41) is 0. The number of hydrogen-bond donors (Lipinski definition) is 0. The smallest absolute Gasteiger partial charge is 0.139 e. The summed E-state index contributed by atoms with van der Waals surface area (Å²) in [6.45, 7) is 0. The highest BCUT2D eigenvalue weighted by Gasteiger charge is 2.77. The predicted octanol–water partition coefficient (Wildman–Crippen LogP) is 4.85. The molecule has 1 nitrogen and oxygen atoms in total. The van der Waals surface area contributed by atoms with Crippen LogP contribution in [0.15, 0.2) is 71.2 Å². The summed E-state index contributed by atoms with van der Waals surface area (Å²) in [5.41, 5.74) is 5.16. The Morgan fingerprint density at radius 2 is 1.64 bits per heavy atom. The summed E-state index contributed by atoms with van der Waals surface area (Å²) in [4.78, 5) is 0. The summed E-state index contributed by atoms with van der Waals surface area (Å²) in [7, 11) is 0. The van der Waals surface area contributed by atoms with Gasteiger partial charge in [-0.1, -0.05) is 76.6 Å². The molecule has 2 heteroatoms. The number of rotatable bonds is 0. The van der Waals surface area contributed by atoms with E-state index in [4.69, 9.17) is 4.74 Å². The Hall–Kier alpha value is -1.64. The minimum atomic E-state index is -0.373. The Balaban J connectivity index is 1.77. The molecule has 2 spiro atoms. The second-order valence-electron chi connectivity index (χ2n) is 6.61. The number of hydrogen-bond acceptors (Lipinski definition) is 1. The summed E-state index contributed by atoms with van der Waals surface area (Å²) in [6.07, 6.45) is 6.87. The maximum atomic E-state index is 6.74. The van der Waals surface area contributed by atoms with Crippen LogP contribution in [0.4, 0.5) is 0 Å². The maximum absolute atomic E-state index is 6.74. The maximum Gasteiger partial charge on any atom is 0.139 e. The largest absolute Gasteiger partial charge is 0.355 e. The van der Waals surface area contributed by atoms with Crippen molar-refractivity contribution in [3.63, 3.8) is 0 Å². The molecule has 0 aromatic heterocycles. The van der Waals surface area contributed by atoms with Gasteiger partial charge in [0.25, 0.3) is 0 Å². The summed E-state index contributed by atoms with van der Waals surface area (Å²) in [5.74, 6) is 0.427. The van der Waals surface area contributed by atoms with Gasteiger partial charge in [0.05, 0.1) is 11.5 Å². The molecule has 2 aliphatic heterocycles. The van der Waals surface area contributed by atoms with Crippen molar-refractivity contribution in [1.29, 1.82) is 0 Å². The van der Waals surface area contributed by atoms with Gasteiger partial charge in [0.15, 0.2) is 0 Å². The first-order chi connectivity index (χ1) is 10.8. The number of allylic oxidation sites excluding steroid dienone is 2. The van der Waals surface area contributed by atoms with Gasteiger partial charge in [-0.05, 0) is 28.3 Å². The van der Waals surface area contributed by atoms with Gasteiger partial charge in [0.2, 0.25) is 0 Å². The standard InChI is InChI=1S/C20H13BrO/c21-16-10-5-11-19-14-8-3-1-6-12(14)17(19)18-13-7-2-4-9-15(13)20(16,19)22-18/h1-11,17-18H/t17-,18?,19-,20?/m1/s1. The van der Waals surface area contributed by atoms with E-state index in [9.17, 15) is 0 Å². The molecule has 2 aromatic rings. The van der Waals surface area contributed by atoms with Gasteiger partial charge in [0, 0.05) is 10.4 Å². The second kappa shape index (κ2) is 3.47. The van der Waals surface area contributed by atoms with Gasteiger partial charge < -0.3 is 4.74 Å². The van der Waals surface area contributed by atoms with Crippen LogP contribution >= 0.6 is 15.9 Å². The van der Waals surface area contributed by atoms with Crippen LogP contribution in [0.1, 0.15) is 34.3 Å². The highest BCUT2D eigenvalue weighted by Crippen LogP contribution is 2.79. The summed E-state index contributed by atoms with van der Waals surface area (Å²) >= 11 is 3.84. The topological polar surface area (TPSA) is 9.23 Å². The van der Waals surface area contributed by atoms with Crippen molar-refractivity contribution < 1.29 is 4.74 Å². The molecule has 2 bridgehead atoms. The Morgan fingerprint density at radius 3 is 2.50 bits per heavy atom. The van der Waals surface area contributed by atoms with E-state index in [1.54, 1.807) is 0 Å². The quantitative estimate of drug-likeness (QED) is 0.661. The van der Waals surface area contributed by atoms with E-state index >= 15 is 0 Å². The Labute approximate surface area is 137 Å². The zero-order chi connectivity index (χ0) is 14.5. The first-order valence-electron chi connectivity index (χ1n) is 7.73. The van der Waals surface area contributed by atoms with Crippen molar-refractivity contribution in [3.05, 3.63) is 93.5 Å². The second-order valence-corrected chi connectivity index (χ2v) is 7.47. The average Bonchev–Trinajstić information content (AvgIpc) is 3.01. The molecule has 22 heavy (non-hydrogen) atoms. The fraction of sp³-hybridized carbons (Fsp3) is 0.200. The molecule has 0 N–H and O–H groups in total. The summed E-state index contributed by atoms with van der Waals surface area (Å²) in [6, 6.07) is 17.6. The van der Waals surface area contributed by atoms with Crippen molar-refractivity contribution in [2.24, 2.45) is 0 Å². The van der Waals surface area contributed by atoms with Crippen LogP contribution < -0.4 is 0 Å². The zero-order valence-corrected chi connectivity index (χ0v) is 13.4. The number of fused-ring (bicyclic) bond motifs is 6. The number of ether oxygens (including phenoxy) is 1. The molecule has 2 aliphatic carbocycles. The Kier molecular flexibility index (Phi) is 1.87. The fourth-order valence-electron chi connectivity index (χ4n) is 5.34. The van der Waals surface area contributed by atoms with Crippen molar-refractivity contribution in [2.45, 2.75) is 23.0 Å². The third-order valence-corrected chi connectivity index (χ3v) is 6.83. The zero-order valence-electron chi connectivity index (χ0n) is 11.8. The van der Waals surface area contributed by atoms with Gasteiger partial charge in [-0.2, -0.15) is 0 Å². The molecular weight excluding hydrogens is 336 g/mol. The van der Waals surface area contributed by atoms with Crippen LogP contribution in [0.25, 0.3) is 0 Å². The van der Waals surface area contributed by atoms with Gasteiger partial charge in [-0.3, -0.25) is 0 Å². The van der Waals surface area contributed by atoms with Crippen LogP contribution in [0.3, 0.4) is 0 Å². The molecule has 0 amide bonds. The number of benzene rings is 2. The predicted molar refractivity (Wildman–Crippen MR) is 89.0 cm³/mol. The minimum Gasteiger partial charge on any atom is -0.355 e. The molecule has 2 unspecified atom stereocenters. The molecule has 4 aliphatic rings. The lowest BCUT2D eigenvalue weighted by Crippen LogP contribution is -2.55. The minimum absolute atomic E-state index is 0.0454. The molecular formula is C20H13BrO. The van der Waals surface area contributed by atoms with Crippen molar-refractivity contribution in [3.8, 4) is 0 Å². The molecule has 2 heterocycles. The van der Waals surface area contributed by atoms with Crippen molar-refractivity contribution in [1.82, 2.24) is 0 Å². The first kappa shape index (κ1) is 11.9. The van der Waals surface area contributed by atoms with E-state index < -0.39 is 0 Å². The van der Waals surface area contributed by atoms with Crippen molar-refractivity contribution in [2.75, 3.05) is 0 Å². The lowest BCUT2D eigenvalue weighted by atomic mass is 9.45.